The van der Waals surface area contributed by atoms with Crippen molar-refractivity contribution in [2.75, 3.05) is 29.4 Å². The third-order valence-corrected chi connectivity index (χ3v) is 8.85. The molecule has 2 aliphatic rings. The summed E-state index contributed by atoms with van der Waals surface area (Å²) in [7, 11) is -4.17. The molecule has 4 aromatic rings. The fraction of sp³-hybridized carbons (Fsp3) is 0.286. The van der Waals surface area contributed by atoms with Gasteiger partial charge in [0.05, 0.1) is 34.3 Å². The zero-order chi connectivity index (χ0) is 28.0. The normalized spacial score (nSPS) is 19.5. The van der Waals surface area contributed by atoms with E-state index in [1.807, 2.05) is 9.80 Å². The predicted octanol–water partition coefficient (Wildman–Crippen LogP) is 3.64. The Labute approximate surface area is 229 Å². The third kappa shape index (κ3) is 5.00. The number of benzene rings is 2. The van der Waals surface area contributed by atoms with Gasteiger partial charge < -0.3 is 14.9 Å². The minimum absolute atomic E-state index is 0.0660. The number of fused-ring (bicyclic) bond motifs is 1. The Morgan fingerprint density at radius 3 is 2.42 bits per heavy atom. The molecule has 2 aromatic carbocycles. The molecule has 9 nitrogen and oxygen atoms in total. The van der Waals surface area contributed by atoms with Gasteiger partial charge in [0, 0.05) is 43.3 Å². The van der Waals surface area contributed by atoms with Gasteiger partial charge >= 0.3 is 0 Å². The van der Waals surface area contributed by atoms with Crippen molar-refractivity contribution in [1.82, 2.24) is 14.3 Å². The number of carbonyl (C=O) groups is 1. The molecule has 40 heavy (non-hydrogen) atoms. The molecule has 0 bridgehead atoms. The summed E-state index contributed by atoms with van der Waals surface area (Å²) in [6.45, 7) is 1.81. The van der Waals surface area contributed by atoms with Crippen LogP contribution in [0, 0.1) is 11.6 Å². The largest absolute Gasteiger partial charge is 0.391 e. The van der Waals surface area contributed by atoms with Crippen molar-refractivity contribution < 1.29 is 27.1 Å². The lowest BCUT2D eigenvalue weighted by molar-refractivity contribution is 0.0983. The number of halogens is 2. The Morgan fingerprint density at radius 2 is 1.73 bits per heavy atom. The second kappa shape index (κ2) is 10.2. The monoisotopic (exact) mass is 567 g/mol. The summed E-state index contributed by atoms with van der Waals surface area (Å²) in [5.74, 6) is -2.11. The number of hydrogen-bond donors (Lipinski definition) is 2. The van der Waals surface area contributed by atoms with Crippen molar-refractivity contribution in [2.24, 2.45) is 0 Å². The molecule has 0 spiro atoms. The van der Waals surface area contributed by atoms with Gasteiger partial charge in [0.1, 0.15) is 11.6 Å². The number of nitrogens with zero attached hydrogens (tertiary/aromatic N) is 4. The van der Waals surface area contributed by atoms with Crippen molar-refractivity contribution in [3.63, 3.8) is 0 Å². The lowest BCUT2D eigenvalue weighted by Crippen LogP contribution is -2.30. The minimum Gasteiger partial charge on any atom is -0.391 e. The maximum atomic E-state index is 13.9. The van der Waals surface area contributed by atoms with E-state index in [-0.39, 0.29) is 16.5 Å². The molecule has 12 heteroatoms. The Kier molecular flexibility index (Phi) is 6.67. The maximum absolute atomic E-state index is 13.9. The second-order valence-corrected chi connectivity index (χ2v) is 11.8. The quantitative estimate of drug-likeness (QED) is 0.366. The van der Waals surface area contributed by atoms with Crippen molar-refractivity contribution >= 4 is 32.8 Å². The van der Waals surface area contributed by atoms with E-state index in [9.17, 15) is 27.1 Å². The van der Waals surface area contributed by atoms with E-state index in [1.165, 1.54) is 35.0 Å². The van der Waals surface area contributed by atoms with E-state index in [2.05, 4.69) is 9.82 Å². The summed E-state index contributed by atoms with van der Waals surface area (Å²) in [5, 5.41) is 13.9. The van der Waals surface area contributed by atoms with Gasteiger partial charge in [0.25, 0.3) is 15.9 Å². The number of carbonyl (C=O) groups excluding carboxylic acids is 1. The summed E-state index contributed by atoms with van der Waals surface area (Å²) in [4.78, 5) is 17.1. The van der Waals surface area contributed by atoms with Gasteiger partial charge in [-0.2, -0.15) is 5.10 Å². The average Bonchev–Trinajstić information content (AvgIpc) is 3.67. The first kappa shape index (κ1) is 26.2. The molecule has 6 rings (SSSR count). The molecular formula is C28H27F2N5O4S. The molecule has 2 fully saturated rings. The van der Waals surface area contributed by atoms with Crippen LogP contribution in [0.2, 0.25) is 0 Å². The van der Waals surface area contributed by atoms with Crippen molar-refractivity contribution in [1.29, 1.82) is 0 Å². The highest BCUT2D eigenvalue weighted by molar-refractivity contribution is 7.90. The van der Waals surface area contributed by atoms with Crippen LogP contribution >= 0.6 is 0 Å². The first-order valence-corrected chi connectivity index (χ1v) is 14.5. The summed E-state index contributed by atoms with van der Waals surface area (Å²) in [5.41, 5.74) is 2.50. The summed E-state index contributed by atoms with van der Waals surface area (Å²) in [6.07, 6.45) is 4.72. The van der Waals surface area contributed by atoms with E-state index < -0.39 is 33.7 Å². The lowest BCUT2D eigenvalue weighted by atomic mass is 10.0. The van der Waals surface area contributed by atoms with Gasteiger partial charge in [0.2, 0.25) is 0 Å². The number of amides is 1. The first-order valence-electron chi connectivity index (χ1n) is 13.0. The SMILES string of the molecule is O=C(NS(=O)(=O)c1ccc(N2CC[C@H](O)C2)cc1)c1cnn2ccc(N3CCC[C@@H]3c3cc(F)cc(F)c3)cc12. The highest BCUT2D eigenvalue weighted by Crippen LogP contribution is 2.37. The number of rotatable bonds is 6. The Balaban J connectivity index is 1.23. The van der Waals surface area contributed by atoms with Crippen LogP contribution in [-0.4, -0.2) is 54.8 Å². The predicted molar refractivity (Wildman–Crippen MR) is 145 cm³/mol. The molecule has 2 aliphatic heterocycles. The average molecular weight is 568 g/mol. The third-order valence-electron chi connectivity index (χ3n) is 7.51. The number of β-amino-alcohol motifs (C(OH)–C–C–N with tert-alkyl or cyclic N) is 1. The lowest BCUT2D eigenvalue weighted by Gasteiger charge is -2.27. The molecular weight excluding hydrogens is 540 g/mol. The van der Waals surface area contributed by atoms with Crippen LogP contribution in [0.4, 0.5) is 20.2 Å². The Morgan fingerprint density at radius 1 is 0.975 bits per heavy atom. The number of hydrogen-bond acceptors (Lipinski definition) is 7. The van der Waals surface area contributed by atoms with Crippen LogP contribution in [0.5, 0.6) is 0 Å². The molecule has 4 heterocycles. The van der Waals surface area contributed by atoms with E-state index in [4.69, 9.17) is 0 Å². The molecule has 208 valence electrons. The summed E-state index contributed by atoms with van der Waals surface area (Å²) < 4.78 is 57.4. The Bertz CT molecular complexity index is 1670. The summed E-state index contributed by atoms with van der Waals surface area (Å²) >= 11 is 0. The standard InChI is InChI=1S/C28H27F2N5O4S/c29-19-12-18(13-20(30)14-19)26-2-1-9-34(26)22-7-11-35-27(15-22)25(16-31-35)28(37)32-40(38,39)24-5-3-21(4-6-24)33-10-8-23(36)17-33/h3-7,11-16,23,26,36H,1-2,8-10,17H2,(H,32,37)/t23-,26+/m0/s1. The number of aromatic nitrogens is 2. The molecule has 0 radical (unpaired) electrons. The van der Waals surface area contributed by atoms with Crippen LogP contribution < -0.4 is 14.5 Å². The molecule has 2 atom stereocenters. The molecule has 0 saturated carbocycles. The minimum atomic E-state index is -4.17. The number of pyridine rings is 1. The van der Waals surface area contributed by atoms with Crippen molar-refractivity contribution in [3.8, 4) is 0 Å². The number of aliphatic hydroxyl groups is 1. The molecule has 1 amide bonds. The number of sulfonamides is 1. The Hall–Kier alpha value is -4.03. The van der Waals surface area contributed by atoms with Crippen LogP contribution in [-0.2, 0) is 10.0 Å². The zero-order valence-corrected chi connectivity index (χ0v) is 22.2. The van der Waals surface area contributed by atoms with Gasteiger partial charge in [-0.25, -0.2) is 26.4 Å². The molecule has 0 aliphatic carbocycles. The molecule has 0 unspecified atom stereocenters. The van der Waals surface area contributed by atoms with Gasteiger partial charge in [-0.05, 0) is 73.4 Å². The fourth-order valence-electron chi connectivity index (χ4n) is 5.56. The van der Waals surface area contributed by atoms with Crippen LogP contribution in [0.3, 0.4) is 0 Å². The maximum Gasteiger partial charge on any atom is 0.268 e. The first-order chi connectivity index (χ1) is 19.2. The van der Waals surface area contributed by atoms with E-state index in [0.717, 1.165) is 23.9 Å². The highest BCUT2D eigenvalue weighted by Gasteiger charge is 2.29. The van der Waals surface area contributed by atoms with Crippen LogP contribution in [0.25, 0.3) is 5.52 Å². The van der Waals surface area contributed by atoms with E-state index >= 15 is 0 Å². The molecule has 2 aromatic heterocycles. The van der Waals surface area contributed by atoms with E-state index in [1.54, 1.807) is 30.5 Å². The van der Waals surface area contributed by atoms with Crippen molar-refractivity contribution in [3.05, 3.63) is 89.8 Å². The number of nitrogens with one attached hydrogen (secondary N) is 1. The number of anilines is 2. The van der Waals surface area contributed by atoms with Gasteiger partial charge in [-0.1, -0.05) is 0 Å². The van der Waals surface area contributed by atoms with Crippen LogP contribution in [0.1, 0.15) is 41.2 Å². The molecule has 2 saturated heterocycles. The summed E-state index contributed by atoms with van der Waals surface area (Å²) in [6, 6.07) is 12.9. The van der Waals surface area contributed by atoms with Gasteiger partial charge in [-0.3, -0.25) is 4.79 Å². The number of aliphatic hydroxyl groups excluding tert-OH is 1. The second-order valence-electron chi connectivity index (χ2n) is 10.1. The smallest absolute Gasteiger partial charge is 0.268 e. The highest BCUT2D eigenvalue weighted by atomic mass is 32.2. The van der Waals surface area contributed by atoms with Crippen molar-refractivity contribution in [2.45, 2.75) is 36.3 Å². The van der Waals surface area contributed by atoms with Crippen LogP contribution in [0.15, 0.2) is 71.9 Å². The van der Waals surface area contributed by atoms with Gasteiger partial charge in [0.15, 0.2) is 0 Å². The zero-order valence-electron chi connectivity index (χ0n) is 21.4. The van der Waals surface area contributed by atoms with Gasteiger partial charge in [-0.15, -0.1) is 0 Å². The topological polar surface area (TPSA) is 107 Å². The van der Waals surface area contributed by atoms with E-state index in [0.29, 0.717) is 43.6 Å². The fourth-order valence-corrected chi connectivity index (χ4v) is 6.53. The molecule has 2 N–H and O–H groups in total.